The second-order valence-corrected chi connectivity index (χ2v) is 8.15. The molecule has 26 heavy (non-hydrogen) atoms. The molecule has 1 N–H and O–H groups in total. The van der Waals surface area contributed by atoms with Gasteiger partial charge in [-0.25, -0.2) is 21.9 Å². The number of aromatic nitrogens is 2. The molecular formula is C17H14BrF2N3O2S. The number of nitrogens with one attached hydrogen (secondary N) is 1. The van der Waals surface area contributed by atoms with E-state index >= 15 is 0 Å². The van der Waals surface area contributed by atoms with Crippen LogP contribution in [0.5, 0.6) is 0 Å². The van der Waals surface area contributed by atoms with Crippen LogP contribution in [0.2, 0.25) is 0 Å². The Morgan fingerprint density at radius 2 is 1.73 bits per heavy atom. The maximum Gasteiger partial charge on any atom is 0.265 e. The van der Waals surface area contributed by atoms with Gasteiger partial charge in [0.25, 0.3) is 10.0 Å². The van der Waals surface area contributed by atoms with E-state index < -0.39 is 21.7 Å². The van der Waals surface area contributed by atoms with Gasteiger partial charge in [-0.15, -0.1) is 0 Å². The van der Waals surface area contributed by atoms with Crippen molar-refractivity contribution in [3.8, 4) is 5.69 Å². The van der Waals surface area contributed by atoms with Crippen LogP contribution in [-0.2, 0) is 10.0 Å². The number of aryl methyl sites for hydroxylation is 1. The van der Waals surface area contributed by atoms with E-state index in [1.807, 2.05) is 0 Å². The molecule has 0 atom stereocenters. The molecule has 0 saturated heterocycles. The lowest BCUT2D eigenvalue weighted by molar-refractivity contribution is 0.597. The van der Waals surface area contributed by atoms with E-state index in [1.165, 1.54) is 47.1 Å². The summed E-state index contributed by atoms with van der Waals surface area (Å²) in [6.45, 7) is 3.12. The first-order valence-corrected chi connectivity index (χ1v) is 9.76. The van der Waals surface area contributed by atoms with E-state index in [0.29, 0.717) is 15.9 Å². The zero-order valence-electron chi connectivity index (χ0n) is 13.8. The van der Waals surface area contributed by atoms with Gasteiger partial charge in [0.15, 0.2) is 0 Å². The summed E-state index contributed by atoms with van der Waals surface area (Å²) < 4.78 is 56.8. The highest BCUT2D eigenvalue weighted by molar-refractivity contribution is 9.10. The second kappa shape index (κ2) is 6.81. The third kappa shape index (κ3) is 3.49. The summed E-state index contributed by atoms with van der Waals surface area (Å²) in [7, 11) is -4.07. The highest BCUT2D eigenvalue weighted by Crippen LogP contribution is 2.27. The van der Waals surface area contributed by atoms with Crippen LogP contribution in [0, 0.1) is 25.5 Å². The van der Waals surface area contributed by atoms with Crippen LogP contribution >= 0.6 is 15.9 Å². The molecule has 0 aliphatic rings. The van der Waals surface area contributed by atoms with Gasteiger partial charge in [-0.2, -0.15) is 5.10 Å². The Morgan fingerprint density at radius 1 is 1.08 bits per heavy atom. The van der Waals surface area contributed by atoms with Gasteiger partial charge in [0, 0.05) is 4.47 Å². The van der Waals surface area contributed by atoms with Crippen molar-refractivity contribution < 1.29 is 17.2 Å². The van der Waals surface area contributed by atoms with E-state index in [4.69, 9.17) is 0 Å². The van der Waals surface area contributed by atoms with Crippen LogP contribution in [0.15, 0.2) is 51.8 Å². The minimum absolute atomic E-state index is 0.0517. The minimum Gasteiger partial charge on any atom is -0.277 e. The topological polar surface area (TPSA) is 64.0 Å². The highest BCUT2D eigenvalue weighted by Gasteiger charge is 2.26. The predicted molar refractivity (Wildman–Crippen MR) is 97.9 cm³/mol. The molecule has 0 aliphatic carbocycles. The van der Waals surface area contributed by atoms with E-state index in [-0.39, 0.29) is 16.3 Å². The molecule has 136 valence electrons. The number of sulfonamides is 1. The van der Waals surface area contributed by atoms with E-state index in [2.05, 4.69) is 25.8 Å². The van der Waals surface area contributed by atoms with Gasteiger partial charge in [-0.3, -0.25) is 4.72 Å². The van der Waals surface area contributed by atoms with Crippen LogP contribution in [0.4, 0.5) is 14.5 Å². The fraction of sp³-hybridized carbons (Fsp3) is 0.118. The van der Waals surface area contributed by atoms with Gasteiger partial charge in [0.2, 0.25) is 0 Å². The van der Waals surface area contributed by atoms with Crippen molar-refractivity contribution in [1.82, 2.24) is 9.78 Å². The fourth-order valence-electron chi connectivity index (χ4n) is 2.62. The summed E-state index contributed by atoms with van der Waals surface area (Å²) in [6.07, 6.45) is 0. The maximum absolute atomic E-state index is 14.0. The lowest BCUT2D eigenvalue weighted by Gasteiger charge is -2.10. The third-order valence-electron chi connectivity index (χ3n) is 3.74. The Morgan fingerprint density at radius 3 is 2.35 bits per heavy atom. The highest BCUT2D eigenvalue weighted by atomic mass is 79.9. The molecule has 0 saturated carbocycles. The predicted octanol–water partition coefficient (Wildman–Crippen LogP) is 4.33. The molecule has 5 nitrogen and oxygen atoms in total. The molecule has 0 bridgehead atoms. The molecule has 0 spiro atoms. The summed E-state index contributed by atoms with van der Waals surface area (Å²) in [5, 5.41) is 4.23. The zero-order valence-corrected chi connectivity index (χ0v) is 16.2. The molecular weight excluding hydrogens is 428 g/mol. The van der Waals surface area contributed by atoms with Crippen molar-refractivity contribution in [2.45, 2.75) is 18.7 Å². The van der Waals surface area contributed by atoms with Crippen molar-refractivity contribution in [1.29, 1.82) is 0 Å². The van der Waals surface area contributed by atoms with Crippen LogP contribution in [-0.4, -0.2) is 18.2 Å². The molecule has 1 aromatic heterocycles. The molecule has 9 heteroatoms. The van der Waals surface area contributed by atoms with Crippen LogP contribution in [0.25, 0.3) is 5.69 Å². The number of hydrogen-bond donors (Lipinski definition) is 1. The first kappa shape index (κ1) is 18.5. The standard InChI is InChI=1S/C17H14BrF2N3O2S/c1-10-17(11(2)23(21-10)14-6-4-13(19)5-7-14)26(24,25)22-16-8-3-12(18)9-15(16)20/h3-9,22H,1-2H3. The quantitative estimate of drug-likeness (QED) is 0.655. The van der Waals surface area contributed by atoms with Crippen molar-refractivity contribution >= 4 is 31.6 Å². The molecule has 0 fully saturated rings. The van der Waals surface area contributed by atoms with Crippen molar-refractivity contribution in [2.75, 3.05) is 4.72 Å². The molecule has 3 rings (SSSR count). The summed E-state index contributed by atoms with van der Waals surface area (Å²) >= 11 is 3.12. The average molecular weight is 442 g/mol. The monoisotopic (exact) mass is 441 g/mol. The molecule has 1 heterocycles. The SMILES string of the molecule is Cc1nn(-c2ccc(F)cc2)c(C)c1S(=O)(=O)Nc1ccc(Br)cc1F. The van der Waals surface area contributed by atoms with Gasteiger partial charge in [-0.1, -0.05) is 15.9 Å². The van der Waals surface area contributed by atoms with Crippen molar-refractivity contribution in [3.05, 3.63) is 70.0 Å². The van der Waals surface area contributed by atoms with E-state index in [1.54, 1.807) is 13.8 Å². The Kier molecular flexibility index (Phi) is 4.85. The third-order valence-corrected chi connectivity index (χ3v) is 5.85. The van der Waals surface area contributed by atoms with Crippen LogP contribution in [0.3, 0.4) is 0 Å². The van der Waals surface area contributed by atoms with Gasteiger partial charge in [0.1, 0.15) is 16.5 Å². The Labute approximate surface area is 157 Å². The summed E-state index contributed by atoms with van der Waals surface area (Å²) in [6, 6.07) is 9.53. The van der Waals surface area contributed by atoms with E-state index in [0.717, 1.165) is 0 Å². The Balaban J connectivity index is 2.04. The smallest absolute Gasteiger partial charge is 0.265 e. The molecule has 3 aromatic rings. The number of rotatable bonds is 4. The molecule has 0 aliphatic heterocycles. The number of nitrogens with zero attached hydrogens (tertiary/aromatic N) is 2. The number of benzene rings is 2. The molecule has 2 aromatic carbocycles. The molecule has 0 radical (unpaired) electrons. The number of anilines is 1. The average Bonchev–Trinajstić information content (AvgIpc) is 2.86. The normalized spacial score (nSPS) is 11.6. The van der Waals surface area contributed by atoms with Gasteiger partial charge < -0.3 is 0 Å². The van der Waals surface area contributed by atoms with Gasteiger partial charge >= 0.3 is 0 Å². The van der Waals surface area contributed by atoms with Crippen LogP contribution < -0.4 is 4.72 Å². The van der Waals surface area contributed by atoms with Gasteiger partial charge in [0.05, 0.1) is 22.8 Å². The van der Waals surface area contributed by atoms with Crippen LogP contribution in [0.1, 0.15) is 11.4 Å². The van der Waals surface area contributed by atoms with E-state index in [9.17, 15) is 17.2 Å². The first-order valence-electron chi connectivity index (χ1n) is 7.49. The lowest BCUT2D eigenvalue weighted by atomic mass is 10.3. The summed E-state index contributed by atoms with van der Waals surface area (Å²) in [4.78, 5) is -0.0517. The lowest BCUT2D eigenvalue weighted by Crippen LogP contribution is -2.16. The maximum atomic E-state index is 14.0. The van der Waals surface area contributed by atoms with Gasteiger partial charge in [-0.05, 0) is 56.3 Å². The van der Waals surface area contributed by atoms with Crippen molar-refractivity contribution in [2.24, 2.45) is 0 Å². The summed E-state index contributed by atoms with van der Waals surface area (Å²) in [5.74, 6) is -1.11. The molecule has 0 amide bonds. The largest absolute Gasteiger partial charge is 0.277 e. The molecule has 0 unspecified atom stereocenters. The first-order chi connectivity index (χ1) is 12.2. The summed E-state index contributed by atoms with van der Waals surface area (Å²) in [5.41, 5.74) is 0.931. The van der Waals surface area contributed by atoms with Crippen molar-refractivity contribution in [3.63, 3.8) is 0 Å². The minimum atomic E-state index is -4.07. The Hall–Kier alpha value is -2.26. The number of hydrogen-bond acceptors (Lipinski definition) is 3. The fourth-order valence-corrected chi connectivity index (χ4v) is 4.41. The second-order valence-electron chi connectivity index (χ2n) is 5.62. The zero-order chi connectivity index (χ0) is 19.1. The number of halogens is 3. The Bertz CT molecular complexity index is 1080.